The van der Waals surface area contributed by atoms with Crippen molar-refractivity contribution in [2.24, 2.45) is 0 Å². The summed E-state index contributed by atoms with van der Waals surface area (Å²) < 4.78 is 2.00. The third kappa shape index (κ3) is 3.01. The Labute approximate surface area is 157 Å². The van der Waals surface area contributed by atoms with E-state index in [9.17, 15) is 4.79 Å². The average Bonchev–Trinajstić information content (AvgIpc) is 3.36. The van der Waals surface area contributed by atoms with Crippen LogP contribution in [0.5, 0.6) is 0 Å². The van der Waals surface area contributed by atoms with E-state index in [1.165, 1.54) is 36.4 Å². The first-order chi connectivity index (χ1) is 12.8. The van der Waals surface area contributed by atoms with Crippen LogP contribution in [0, 0.1) is 0 Å². The van der Waals surface area contributed by atoms with Gasteiger partial charge in [0.05, 0.1) is 28.6 Å². The van der Waals surface area contributed by atoms with Crippen LogP contribution in [-0.4, -0.2) is 51.9 Å². The van der Waals surface area contributed by atoms with Crippen LogP contribution in [0.3, 0.4) is 0 Å². The minimum absolute atomic E-state index is 0.0265. The summed E-state index contributed by atoms with van der Waals surface area (Å²) in [5.41, 5.74) is 2.10. The second-order valence-corrected chi connectivity index (χ2v) is 8.46. The summed E-state index contributed by atoms with van der Waals surface area (Å²) in [6, 6.07) is 0.365. The van der Waals surface area contributed by atoms with E-state index < -0.39 is 0 Å². The van der Waals surface area contributed by atoms with Crippen LogP contribution in [0.1, 0.15) is 48.3 Å². The van der Waals surface area contributed by atoms with Gasteiger partial charge in [-0.3, -0.25) is 14.5 Å². The van der Waals surface area contributed by atoms with E-state index in [4.69, 9.17) is 4.98 Å². The Morgan fingerprint density at radius 1 is 1.27 bits per heavy atom. The van der Waals surface area contributed by atoms with Crippen LogP contribution in [0.4, 0.5) is 10.5 Å². The Morgan fingerprint density at radius 2 is 2.12 bits per heavy atom. The van der Waals surface area contributed by atoms with Gasteiger partial charge in [-0.2, -0.15) is 5.10 Å². The van der Waals surface area contributed by atoms with Crippen molar-refractivity contribution in [2.75, 3.05) is 31.1 Å². The van der Waals surface area contributed by atoms with Crippen molar-refractivity contribution in [1.82, 2.24) is 25.0 Å². The van der Waals surface area contributed by atoms with Crippen molar-refractivity contribution in [3.8, 4) is 0 Å². The van der Waals surface area contributed by atoms with Crippen LogP contribution in [-0.2, 0) is 6.54 Å². The fourth-order valence-electron chi connectivity index (χ4n) is 4.21. The number of carbonyl (C=O) groups is 1. The number of carbonyl (C=O) groups excluding carboxylic acids is 1. The molecule has 0 radical (unpaired) electrons. The Kier molecular flexibility index (Phi) is 4.17. The van der Waals surface area contributed by atoms with Crippen LogP contribution in [0.15, 0.2) is 17.8 Å². The average molecular weight is 372 g/mol. The predicted octanol–water partition coefficient (Wildman–Crippen LogP) is 2.58. The maximum atomic E-state index is 11.8. The van der Waals surface area contributed by atoms with Gasteiger partial charge in [-0.15, -0.1) is 11.3 Å². The maximum Gasteiger partial charge on any atom is 0.322 e. The van der Waals surface area contributed by atoms with Gasteiger partial charge in [-0.25, -0.2) is 9.78 Å². The third-order valence-electron chi connectivity index (χ3n) is 5.73. The highest BCUT2D eigenvalue weighted by atomic mass is 32.1. The number of nitrogens with one attached hydrogen (secondary N) is 1. The minimum atomic E-state index is -0.0265. The number of amides is 2. The van der Waals surface area contributed by atoms with Crippen molar-refractivity contribution in [2.45, 2.75) is 44.2 Å². The quantitative estimate of drug-likeness (QED) is 0.876. The highest BCUT2D eigenvalue weighted by Gasteiger charge is 2.31. The first-order valence-electron chi connectivity index (χ1n) is 9.52. The zero-order valence-corrected chi connectivity index (χ0v) is 15.6. The van der Waals surface area contributed by atoms with Crippen molar-refractivity contribution in [1.29, 1.82) is 0 Å². The molecule has 2 aromatic heterocycles. The highest BCUT2D eigenvalue weighted by molar-refractivity contribution is 7.09. The van der Waals surface area contributed by atoms with E-state index in [1.807, 2.05) is 22.2 Å². The Balaban J connectivity index is 1.15. The number of nitrogens with zero attached hydrogens (tertiary/aromatic N) is 5. The van der Waals surface area contributed by atoms with Gasteiger partial charge in [0, 0.05) is 50.2 Å². The van der Waals surface area contributed by atoms with E-state index >= 15 is 0 Å². The standard InChI is InChI=1S/C18H24N6OS/c25-18-19-5-6-23(18)15-7-20-24(11-15)16-9-22(10-16)8-14-12-26-17(21-14)13-3-1-2-4-13/h7,11-13,16H,1-6,8-10H2,(H,19,25). The van der Waals surface area contributed by atoms with Crippen LogP contribution < -0.4 is 10.2 Å². The second-order valence-electron chi connectivity index (χ2n) is 7.57. The molecule has 3 fully saturated rings. The van der Waals surface area contributed by atoms with Gasteiger partial charge in [0.2, 0.25) is 0 Å². The van der Waals surface area contributed by atoms with Crippen LogP contribution in [0.2, 0.25) is 0 Å². The number of hydrogen-bond donors (Lipinski definition) is 1. The molecule has 1 saturated carbocycles. The number of urea groups is 1. The van der Waals surface area contributed by atoms with E-state index in [1.54, 1.807) is 11.1 Å². The monoisotopic (exact) mass is 372 g/mol. The Hall–Kier alpha value is -1.93. The highest BCUT2D eigenvalue weighted by Crippen LogP contribution is 2.36. The first-order valence-corrected chi connectivity index (χ1v) is 10.4. The molecule has 5 rings (SSSR count). The SMILES string of the molecule is O=C1NCCN1c1cnn(C2CN(Cc3csc(C4CCCC4)n3)C2)c1. The lowest BCUT2D eigenvalue weighted by Crippen LogP contribution is -2.47. The normalized spacial score (nSPS) is 22.2. The van der Waals surface area contributed by atoms with Crippen molar-refractivity contribution >= 4 is 23.1 Å². The van der Waals surface area contributed by atoms with E-state index in [0.29, 0.717) is 25.0 Å². The van der Waals surface area contributed by atoms with Gasteiger partial charge in [-0.05, 0) is 12.8 Å². The number of thiazole rings is 1. The maximum absolute atomic E-state index is 11.8. The Bertz CT molecular complexity index is 789. The van der Waals surface area contributed by atoms with Crippen LogP contribution in [0.25, 0.3) is 0 Å². The molecule has 3 aliphatic rings. The molecule has 1 aliphatic carbocycles. The molecule has 0 bridgehead atoms. The molecule has 2 aromatic rings. The summed E-state index contributed by atoms with van der Waals surface area (Å²) in [6.07, 6.45) is 9.14. The molecule has 2 saturated heterocycles. The first kappa shape index (κ1) is 16.3. The fraction of sp³-hybridized carbons (Fsp3) is 0.611. The number of anilines is 1. The number of hydrogen-bond acceptors (Lipinski definition) is 5. The summed E-state index contributed by atoms with van der Waals surface area (Å²) in [5.74, 6) is 0.711. The molecular formula is C18H24N6OS. The summed E-state index contributed by atoms with van der Waals surface area (Å²) in [4.78, 5) is 20.8. The molecule has 0 atom stereocenters. The topological polar surface area (TPSA) is 66.3 Å². The molecule has 0 spiro atoms. The van der Waals surface area contributed by atoms with Gasteiger partial charge in [0.25, 0.3) is 0 Å². The number of rotatable bonds is 5. The lowest BCUT2D eigenvalue weighted by atomic mass is 10.1. The van der Waals surface area contributed by atoms with Gasteiger partial charge in [0.1, 0.15) is 0 Å². The third-order valence-corrected chi connectivity index (χ3v) is 6.78. The molecule has 2 amide bonds. The largest absolute Gasteiger partial charge is 0.336 e. The zero-order valence-electron chi connectivity index (χ0n) is 14.8. The molecule has 4 heterocycles. The second kappa shape index (κ2) is 6.66. The predicted molar refractivity (Wildman–Crippen MR) is 101 cm³/mol. The van der Waals surface area contributed by atoms with Crippen molar-refractivity contribution in [3.63, 3.8) is 0 Å². The summed E-state index contributed by atoms with van der Waals surface area (Å²) in [7, 11) is 0. The van der Waals surface area contributed by atoms with E-state index in [2.05, 4.69) is 20.7 Å². The summed E-state index contributed by atoms with van der Waals surface area (Å²) >= 11 is 1.84. The molecule has 26 heavy (non-hydrogen) atoms. The van der Waals surface area contributed by atoms with Crippen LogP contribution >= 0.6 is 11.3 Å². The molecule has 138 valence electrons. The van der Waals surface area contributed by atoms with E-state index in [0.717, 1.165) is 25.3 Å². The number of likely N-dealkylation sites (tertiary alicyclic amines) is 1. The molecule has 8 heteroatoms. The lowest BCUT2D eigenvalue weighted by Gasteiger charge is -2.38. The molecule has 1 N–H and O–H groups in total. The van der Waals surface area contributed by atoms with Crippen molar-refractivity contribution in [3.05, 3.63) is 28.5 Å². The summed E-state index contributed by atoms with van der Waals surface area (Å²) in [6.45, 7) is 4.34. The molecule has 0 unspecified atom stereocenters. The molecule has 7 nitrogen and oxygen atoms in total. The Morgan fingerprint density at radius 3 is 2.88 bits per heavy atom. The fourth-order valence-corrected chi connectivity index (χ4v) is 5.19. The smallest absolute Gasteiger partial charge is 0.322 e. The summed E-state index contributed by atoms with van der Waals surface area (Å²) in [5, 5.41) is 10.9. The lowest BCUT2D eigenvalue weighted by molar-refractivity contribution is 0.0897. The van der Waals surface area contributed by atoms with Gasteiger partial charge < -0.3 is 5.32 Å². The minimum Gasteiger partial charge on any atom is -0.336 e. The zero-order chi connectivity index (χ0) is 17.5. The number of aromatic nitrogens is 3. The van der Waals surface area contributed by atoms with Gasteiger partial charge >= 0.3 is 6.03 Å². The molecule has 2 aliphatic heterocycles. The molecular weight excluding hydrogens is 348 g/mol. The van der Waals surface area contributed by atoms with Crippen molar-refractivity contribution < 1.29 is 4.79 Å². The van der Waals surface area contributed by atoms with E-state index in [-0.39, 0.29) is 6.03 Å². The molecule has 0 aromatic carbocycles. The van der Waals surface area contributed by atoms with Gasteiger partial charge in [-0.1, -0.05) is 12.8 Å². The van der Waals surface area contributed by atoms with Gasteiger partial charge in [0.15, 0.2) is 0 Å².